The predicted octanol–water partition coefficient (Wildman–Crippen LogP) is 8.07. The summed E-state index contributed by atoms with van der Waals surface area (Å²) in [5.74, 6) is -0.132. The van der Waals surface area contributed by atoms with E-state index in [2.05, 4.69) is 69.8 Å². The molecule has 2 atom stereocenters. The van der Waals surface area contributed by atoms with Gasteiger partial charge in [0, 0.05) is 28.4 Å². The Morgan fingerprint density at radius 3 is 2.43 bits per heavy atom. The number of aromatic hydroxyl groups is 2. The zero-order chi connectivity index (χ0) is 29.5. The van der Waals surface area contributed by atoms with Crippen molar-refractivity contribution in [1.82, 2.24) is 0 Å². The van der Waals surface area contributed by atoms with Crippen LogP contribution in [0, 0.1) is 17.2 Å². The highest BCUT2D eigenvalue weighted by Crippen LogP contribution is 2.42. The number of nitriles is 1. The van der Waals surface area contributed by atoms with Crippen molar-refractivity contribution in [1.29, 1.82) is 5.26 Å². The number of carbonyl (C=O) groups is 1. The Kier molecular flexibility index (Phi) is 9.26. The number of nitrogens with one attached hydrogen (secondary N) is 1. The van der Waals surface area contributed by atoms with Crippen LogP contribution in [0.3, 0.4) is 0 Å². The summed E-state index contributed by atoms with van der Waals surface area (Å²) >= 11 is 3.59. The molecule has 0 aliphatic heterocycles. The van der Waals surface area contributed by atoms with Crippen molar-refractivity contribution in [2.75, 3.05) is 11.9 Å². The lowest BCUT2D eigenvalue weighted by Crippen LogP contribution is -2.33. The van der Waals surface area contributed by atoms with Gasteiger partial charge in [0.15, 0.2) is 0 Å². The molecule has 5 rings (SSSR count). The third kappa shape index (κ3) is 7.39. The van der Waals surface area contributed by atoms with Crippen molar-refractivity contribution in [2.45, 2.75) is 44.1 Å². The van der Waals surface area contributed by atoms with E-state index in [-0.39, 0.29) is 24.0 Å². The fraction of sp³-hybridized carbons (Fsp3) is 0.257. The van der Waals surface area contributed by atoms with Gasteiger partial charge in [0.05, 0.1) is 17.2 Å². The summed E-state index contributed by atoms with van der Waals surface area (Å²) in [7, 11) is 0. The molecule has 0 radical (unpaired) electrons. The van der Waals surface area contributed by atoms with Crippen LogP contribution in [-0.4, -0.2) is 22.7 Å². The summed E-state index contributed by atoms with van der Waals surface area (Å²) in [6, 6.07) is 30.4. The number of benzene rings is 4. The smallest absolute Gasteiger partial charge is 0.250 e. The number of hydrogen-bond donors (Lipinski definition) is 3. The average Bonchev–Trinajstić information content (AvgIpc) is 3.18. The molecule has 2 unspecified atom stereocenters. The second-order valence-corrected chi connectivity index (χ2v) is 11.9. The number of hydrogen-bond acceptors (Lipinski definition) is 5. The number of carbonyl (C=O) groups excluding carboxylic acids is 1. The number of anilines is 1. The van der Waals surface area contributed by atoms with E-state index < -0.39 is 5.60 Å². The third-order valence-corrected chi connectivity index (χ3v) is 8.46. The van der Waals surface area contributed by atoms with Crippen molar-refractivity contribution in [3.8, 4) is 28.7 Å². The molecule has 42 heavy (non-hydrogen) atoms. The van der Waals surface area contributed by atoms with Crippen LogP contribution in [0.4, 0.5) is 5.69 Å². The number of phenolic OH excluding ortho intramolecular Hbond substituents is 2. The lowest BCUT2D eigenvalue weighted by Gasteiger charge is -2.34. The molecule has 0 spiro atoms. The Morgan fingerprint density at radius 2 is 1.69 bits per heavy atom. The molecule has 1 amide bonds. The molecule has 1 fully saturated rings. The SMILES string of the molecule is N#Cc1cccc(-c2ccc(C3(OCC(=O)Nc4cc(O)cc(O)c4)CCCC(Cc4cccc(Br)c4)CC3)cc2)c1. The van der Waals surface area contributed by atoms with E-state index >= 15 is 0 Å². The van der Waals surface area contributed by atoms with Gasteiger partial charge in [-0.25, -0.2) is 0 Å². The van der Waals surface area contributed by atoms with Crippen LogP contribution in [0.2, 0.25) is 0 Å². The van der Waals surface area contributed by atoms with E-state index in [9.17, 15) is 20.3 Å². The molecule has 0 bridgehead atoms. The maximum Gasteiger partial charge on any atom is 0.250 e. The molecule has 4 aromatic rings. The quantitative estimate of drug-likeness (QED) is 0.172. The van der Waals surface area contributed by atoms with E-state index in [0.717, 1.165) is 59.7 Å². The van der Waals surface area contributed by atoms with Gasteiger partial charge >= 0.3 is 0 Å². The van der Waals surface area contributed by atoms with E-state index in [1.807, 2.05) is 24.3 Å². The number of nitrogens with zero attached hydrogens (tertiary/aromatic N) is 1. The van der Waals surface area contributed by atoms with E-state index in [1.165, 1.54) is 23.8 Å². The normalized spacial score (nSPS) is 18.5. The van der Waals surface area contributed by atoms with Crippen LogP contribution in [0.25, 0.3) is 11.1 Å². The van der Waals surface area contributed by atoms with Gasteiger partial charge in [-0.2, -0.15) is 5.26 Å². The van der Waals surface area contributed by atoms with E-state index in [4.69, 9.17) is 4.74 Å². The number of halogens is 1. The molecule has 0 heterocycles. The molecular formula is C35H33BrN2O4. The molecule has 4 aromatic carbocycles. The Balaban J connectivity index is 1.36. The van der Waals surface area contributed by atoms with Crippen molar-refractivity contribution < 1.29 is 19.7 Å². The highest BCUT2D eigenvalue weighted by atomic mass is 79.9. The Morgan fingerprint density at radius 1 is 0.929 bits per heavy atom. The molecule has 1 saturated carbocycles. The standard InChI is InChI=1S/C35H33BrN2O4/c36-30-8-2-4-25(18-30)16-24-6-3-14-35(15-13-24,42-23-34(41)38-31-19-32(39)21-33(40)20-31)29-11-9-27(10-12-29)28-7-1-5-26(17-28)22-37/h1-2,4-5,7-12,17-21,24,39-40H,3,6,13-16,23H2,(H,38,41). The lowest BCUT2D eigenvalue weighted by atomic mass is 9.84. The molecule has 6 nitrogen and oxygen atoms in total. The summed E-state index contributed by atoms with van der Waals surface area (Å²) in [5.41, 5.74) is 4.58. The van der Waals surface area contributed by atoms with Crippen molar-refractivity contribution >= 4 is 27.5 Å². The van der Waals surface area contributed by atoms with Crippen LogP contribution in [-0.2, 0) is 21.6 Å². The predicted molar refractivity (Wildman–Crippen MR) is 167 cm³/mol. The minimum atomic E-state index is -0.642. The molecule has 1 aliphatic rings. The first-order chi connectivity index (χ1) is 20.3. The molecule has 1 aliphatic carbocycles. The Labute approximate surface area is 254 Å². The monoisotopic (exact) mass is 624 g/mol. The number of amides is 1. The maximum atomic E-state index is 12.9. The second kappa shape index (κ2) is 13.2. The third-order valence-electron chi connectivity index (χ3n) is 7.96. The van der Waals surface area contributed by atoms with Crippen LogP contribution < -0.4 is 5.32 Å². The summed E-state index contributed by atoms with van der Waals surface area (Å²) in [6.45, 7) is -0.168. The minimum absolute atomic E-state index is 0.136. The van der Waals surface area contributed by atoms with Gasteiger partial charge in [0.2, 0.25) is 5.91 Å². The van der Waals surface area contributed by atoms with Crippen molar-refractivity contribution in [3.63, 3.8) is 0 Å². The summed E-state index contributed by atoms with van der Waals surface area (Å²) in [5, 5.41) is 31.6. The number of ether oxygens (including phenoxy) is 1. The molecular weight excluding hydrogens is 592 g/mol. The number of phenols is 2. The topological polar surface area (TPSA) is 103 Å². The first-order valence-corrected chi connectivity index (χ1v) is 14.9. The van der Waals surface area contributed by atoms with Gasteiger partial charge in [-0.15, -0.1) is 0 Å². The molecule has 3 N–H and O–H groups in total. The molecule has 0 saturated heterocycles. The lowest BCUT2D eigenvalue weighted by molar-refractivity contribution is -0.130. The fourth-order valence-electron chi connectivity index (χ4n) is 5.90. The largest absolute Gasteiger partial charge is 0.508 e. The van der Waals surface area contributed by atoms with Gasteiger partial charge in [-0.3, -0.25) is 4.79 Å². The zero-order valence-electron chi connectivity index (χ0n) is 23.2. The summed E-state index contributed by atoms with van der Waals surface area (Å²) in [6.07, 6.45) is 5.55. The highest BCUT2D eigenvalue weighted by Gasteiger charge is 2.36. The van der Waals surface area contributed by atoms with Crippen molar-refractivity contribution in [3.05, 3.63) is 112 Å². The van der Waals surface area contributed by atoms with Crippen LogP contribution in [0.1, 0.15) is 48.8 Å². The van der Waals surface area contributed by atoms with E-state index in [1.54, 1.807) is 6.07 Å². The maximum absolute atomic E-state index is 12.9. The van der Waals surface area contributed by atoms with Gasteiger partial charge < -0.3 is 20.3 Å². The van der Waals surface area contributed by atoms with E-state index in [0.29, 0.717) is 17.2 Å². The molecule has 7 heteroatoms. The Hall–Kier alpha value is -4.12. The van der Waals surface area contributed by atoms with Gasteiger partial charge in [0.25, 0.3) is 0 Å². The summed E-state index contributed by atoms with van der Waals surface area (Å²) in [4.78, 5) is 12.9. The fourth-order valence-corrected chi connectivity index (χ4v) is 6.35. The minimum Gasteiger partial charge on any atom is -0.508 e. The molecule has 0 aromatic heterocycles. The van der Waals surface area contributed by atoms with Crippen molar-refractivity contribution in [2.24, 2.45) is 5.92 Å². The average molecular weight is 626 g/mol. The van der Waals surface area contributed by atoms with Crippen LogP contribution in [0.5, 0.6) is 11.5 Å². The number of rotatable bonds is 8. The van der Waals surface area contributed by atoms with Gasteiger partial charge in [-0.1, -0.05) is 70.9 Å². The summed E-state index contributed by atoms with van der Waals surface area (Å²) < 4.78 is 7.62. The highest BCUT2D eigenvalue weighted by molar-refractivity contribution is 9.10. The molecule has 214 valence electrons. The zero-order valence-corrected chi connectivity index (χ0v) is 24.8. The van der Waals surface area contributed by atoms with Gasteiger partial charge in [-0.05, 0) is 84.5 Å². The van der Waals surface area contributed by atoms with Gasteiger partial charge in [0.1, 0.15) is 18.1 Å². The first-order valence-electron chi connectivity index (χ1n) is 14.1. The Bertz CT molecular complexity index is 1580. The van der Waals surface area contributed by atoms with Crippen LogP contribution in [0.15, 0.2) is 95.5 Å². The van der Waals surface area contributed by atoms with Crippen LogP contribution >= 0.6 is 15.9 Å². The first kappa shape index (κ1) is 29.4. The second-order valence-electron chi connectivity index (χ2n) is 11.0.